The van der Waals surface area contributed by atoms with E-state index in [9.17, 15) is 30.3 Å². The number of aliphatic hydroxyl groups is 5. The normalized spacial score (nSPS) is 19.6. The zero-order valence-corrected chi connectivity index (χ0v) is 51.2. The van der Waals surface area contributed by atoms with Gasteiger partial charge in [0.05, 0.1) is 25.4 Å². The molecule has 7 unspecified atom stereocenters. The van der Waals surface area contributed by atoms with E-state index in [2.05, 4.69) is 189 Å². The Kier molecular flexibility index (Phi) is 54.6. The number of rotatable bonds is 52. The summed E-state index contributed by atoms with van der Waals surface area (Å²) >= 11 is 0. The van der Waals surface area contributed by atoms with Crippen molar-refractivity contribution in [2.24, 2.45) is 0 Å². The third kappa shape index (κ3) is 47.7. The maximum absolute atomic E-state index is 13.1. The summed E-state index contributed by atoms with van der Waals surface area (Å²) in [5, 5.41) is 54.5. The van der Waals surface area contributed by atoms with Crippen molar-refractivity contribution in [2.75, 3.05) is 13.2 Å². The van der Waals surface area contributed by atoms with Crippen molar-refractivity contribution >= 4 is 5.91 Å². The van der Waals surface area contributed by atoms with E-state index < -0.39 is 49.5 Å². The van der Waals surface area contributed by atoms with Gasteiger partial charge < -0.3 is 40.3 Å². The second-order valence-electron chi connectivity index (χ2n) is 21.1. The molecule has 7 atom stereocenters. The van der Waals surface area contributed by atoms with E-state index in [-0.39, 0.29) is 12.5 Å². The van der Waals surface area contributed by atoms with E-state index in [1.165, 1.54) is 51.4 Å². The summed E-state index contributed by atoms with van der Waals surface area (Å²) in [6, 6.07) is -0.856. The summed E-state index contributed by atoms with van der Waals surface area (Å²) in [6.07, 6.45) is 89.7. The van der Waals surface area contributed by atoms with Crippen LogP contribution in [0.25, 0.3) is 0 Å². The first kappa shape index (κ1) is 75.3. The zero-order valence-electron chi connectivity index (χ0n) is 51.2. The highest BCUT2D eigenvalue weighted by atomic mass is 16.7. The van der Waals surface area contributed by atoms with E-state index in [1.54, 1.807) is 6.08 Å². The molecule has 0 aromatic carbocycles. The van der Waals surface area contributed by atoms with Crippen LogP contribution < -0.4 is 5.32 Å². The van der Waals surface area contributed by atoms with Crippen molar-refractivity contribution in [3.8, 4) is 0 Å². The number of hydrogen-bond acceptors (Lipinski definition) is 8. The Bertz CT molecular complexity index is 1940. The van der Waals surface area contributed by atoms with Crippen LogP contribution in [0.5, 0.6) is 0 Å². The highest BCUT2D eigenvalue weighted by Crippen LogP contribution is 2.23. The van der Waals surface area contributed by atoms with Gasteiger partial charge in [-0.15, -0.1) is 0 Å². The predicted molar refractivity (Wildman–Crippen MR) is 349 cm³/mol. The van der Waals surface area contributed by atoms with Gasteiger partial charge in [0.1, 0.15) is 24.4 Å². The Balaban J connectivity index is 2.23. The Labute approximate surface area is 500 Å². The second kappa shape index (κ2) is 59.4. The number of nitrogens with one attached hydrogen (secondary N) is 1. The van der Waals surface area contributed by atoms with Crippen molar-refractivity contribution in [2.45, 2.75) is 256 Å². The lowest BCUT2D eigenvalue weighted by atomic mass is 9.99. The van der Waals surface area contributed by atoms with Gasteiger partial charge in [-0.25, -0.2) is 0 Å². The Morgan fingerprint density at radius 3 is 1.17 bits per heavy atom. The fourth-order valence-electron chi connectivity index (χ4n) is 8.70. The van der Waals surface area contributed by atoms with Crippen LogP contribution in [0.15, 0.2) is 182 Å². The highest BCUT2D eigenvalue weighted by Gasteiger charge is 2.44. The fraction of sp³-hybridized carbons (Fsp3) is 0.575. The average molecular weight is 1130 g/mol. The predicted octanol–water partition coefficient (Wildman–Crippen LogP) is 17.1. The highest BCUT2D eigenvalue weighted by molar-refractivity contribution is 5.76. The van der Waals surface area contributed by atoms with Gasteiger partial charge >= 0.3 is 0 Å². The van der Waals surface area contributed by atoms with Crippen molar-refractivity contribution < 1.29 is 39.8 Å². The molecule has 6 N–H and O–H groups in total. The van der Waals surface area contributed by atoms with Crippen LogP contribution in [-0.4, -0.2) is 87.5 Å². The molecule has 0 radical (unpaired) electrons. The van der Waals surface area contributed by atoms with Crippen molar-refractivity contribution in [1.29, 1.82) is 0 Å². The molecule has 1 aliphatic rings. The van der Waals surface area contributed by atoms with Crippen molar-refractivity contribution in [1.82, 2.24) is 5.32 Å². The molecule has 0 aliphatic carbocycles. The van der Waals surface area contributed by atoms with Crippen LogP contribution in [-0.2, 0) is 14.3 Å². The van der Waals surface area contributed by atoms with E-state index >= 15 is 0 Å². The first-order valence-electron chi connectivity index (χ1n) is 32.0. The Morgan fingerprint density at radius 2 is 0.768 bits per heavy atom. The summed E-state index contributed by atoms with van der Waals surface area (Å²) < 4.78 is 11.2. The molecule has 1 amide bonds. The molecule has 1 heterocycles. The minimum Gasteiger partial charge on any atom is -0.394 e. The first-order valence-corrected chi connectivity index (χ1v) is 32.0. The number of hydrogen-bond donors (Lipinski definition) is 6. The molecule has 460 valence electrons. The first-order chi connectivity index (χ1) is 40.3. The molecule has 0 aromatic heterocycles. The van der Waals surface area contributed by atoms with Crippen LogP contribution >= 0.6 is 0 Å². The Hall–Kier alpha value is -4.71. The Morgan fingerprint density at radius 1 is 0.427 bits per heavy atom. The van der Waals surface area contributed by atoms with Crippen LogP contribution in [0.1, 0.15) is 213 Å². The maximum atomic E-state index is 13.1. The smallest absolute Gasteiger partial charge is 0.220 e. The molecule has 0 saturated carbocycles. The maximum Gasteiger partial charge on any atom is 0.220 e. The molecule has 9 nitrogen and oxygen atoms in total. The summed E-state index contributed by atoms with van der Waals surface area (Å²) in [5.41, 5.74) is 0. The van der Waals surface area contributed by atoms with Crippen molar-refractivity contribution in [3.05, 3.63) is 182 Å². The summed E-state index contributed by atoms with van der Waals surface area (Å²) in [4.78, 5) is 13.1. The van der Waals surface area contributed by atoms with Crippen LogP contribution in [0.3, 0.4) is 0 Å². The number of unbranched alkanes of at least 4 members (excludes halogenated alkanes) is 14. The summed E-state index contributed by atoms with van der Waals surface area (Å²) in [6.45, 7) is 3.61. The summed E-state index contributed by atoms with van der Waals surface area (Å²) in [5.74, 6) is -0.223. The number of amides is 1. The molecule has 1 rings (SSSR count). The largest absolute Gasteiger partial charge is 0.394 e. The van der Waals surface area contributed by atoms with Gasteiger partial charge in [0.25, 0.3) is 0 Å². The molecule has 82 heavy (non-hydrogen) atoms. The third-order valence-electron chi connectivity index (χ3n) is 13.7. The van der Waals surface area contributed by atoms with Crippen molar-refractivity contribution in [3.63, 3.8) is 0 Å². The quantitative estimate of drug-likeness (QED) is 0.0261. The monoisotopic (exact) mass is 1130 g/mol. The second-order valence-corrected chi connectivity index (χ2v) is 21.1. The SMILES string of the molecule is CC/C=C\C/C=C\C/C=C\C/C=C\C/C=C\C/C=C\C/C=C\C/C=C\C/C=C\C/C=C\C/C=C\C/C=C\CCCCCCC(=O)NC(COC1OC(CO)C(O)C(O)C1O)C(O)/C=C/CC/C=C/CC/C=C/CCCCCCCCCC. The molecular formula is C73H115NO8. The fourth-order valence-corrected chi connectivity index (χ4v) is 8.70. The van der Waals surface area contributed by atoms with E-state index in [1.807, 2.05) is 6.08 Å². The molecule has 1 saturated heterocycles. The van der Waals surface area contributed by atoms with Gasteiger partial charge in [0.2, 0.25) is 5.91 Å². The van der Waals surface area contributed by atoms with Gasteiger partial charge in [-0.2, -0.15) is 0 Å². The minimum absolute atomic E-state index is 0.223. The van der Waals surface area contributed by atoms with E-state index in [0.717, 1.165) is 128 Å². The lowest BCUT2D eigenvalue weighted by Crippen LogP contribution is -2.60. The number of allylic oxidation sites excluding steroid dienone is 29. The lowest BCUT2D eigenvalue weighted by Gasteiger charge is -2.40. The topological polar surface area (TPSA) is 149 Å². The molecule has 0 spiro atoms. The number of carbonyl (C=O) groups is 1. The third-order valence-corrected chi connectivity index (χ3v) is 13.7. The van der Waals surface area contributed by atoms with Gasteiger partial charge in [0.15, 0.2) is 6.29 Å². The minimum atomic E-state index is -1.59. The lowest BCUT2D eigenvalue weighted by molar-refractivity contribution is -0.302. The molecule has 0 bridgehead atoms. The van der Waals surface area contributed by atoms with Crippen LogP contribution in [0.2, 0.25) is 0 Å². The number of aliphatic hydroxyl groups excluding tert-OH is 5. The van der Waals surface area contributed by atoms with E-state index in [4.69, 9.17) is 9.47 Å². The van der Waals surface area contributed by atoms with Crippen LogP contribution in [0.4, 0.5) is 0 Å². The van der Waals surface area contributed by atoms with Gasteiger partial charge in [-0.1, -0.05) is 254 Å². The summed E-state index contributed by atoms with van der Waals surface area (Å²) in [7, 11) is 0. The standard InChI is InChI=1S/C73H115NO8/c1-3-5-7-9-11-13-15-17-19-21-23-24-25-26-27-28-29-30-31-32-33-34-35-36-37-38-39-40-41-42-43-44-45-47-49-51-53-55-57-59-61-63-69(77)74-66(65-81-73-72(80)71(79)70(78)68(64-75)82-73)67(76)62-60-58-56-54-52-50-48-46-22-20-18-16-14-12-10-8-6-4-2/h5,7,11,13,17,19,22-24,26-27,29-30,32-33,35-36,38-39,41-42,44-46,49,51-52,54,60,62,66-68,70-73,75-76,78-80H,3-4,6,8-10,12,14-16,18,20-21,25,28,31,34,37,40,43,47-48,50,53,55-59,61,63-65H2,1-2H3,(H,74,77)/b7-5-,13-11-,19-17-,24-23-,27-26-,30-29-,33-32-,36-35-,39-38-,42-41-,45-44-,46-22+,51-49-,54-52+,62-60+. The van der Waals surface area contributed by atoms with Gasteiger partial charge in [-0.3, -0.25) is 4.79 Å². The van der Waals surface area contributed by atoms with Gasteiger partial charge in [-0.05, 0) is 135 Å². The van der Waals surface area contributed by atoms with E-state index in [0.29, 0.717) is 19.3 Å². The number of carbonyl (C=O) groups excluding carboxylic acids is 1. The molecule has 9 heteroatoms. The average Bonchev–Trinajstić information content (AvgIpc) is 3.57. The molecule has 0 aromatic rings. The molecule has 1 aliphatic heterocycles. The number of ether oxygens (including phenoxy) is 2. The van der Waals surface area contributed by atoms with Crippen LogP contribution in [0, 0.1) is 0 Å². The van der Waals surface area contributed by atoms with Gasteiger partial charge in [0, 0.05) is 6.42 Å². The molecular weight excluding hydrogens is 1020 g/mol. The zero-order chi connectivity index (χ0) is 59.3. The molecule has 1 fully saturated rings.